The van der Waals surface area contributed by atoms with Crippen molar-refractivity contribution in [2.45, 2.75) is 6.92 Å². The lowest BCUT2D eigenvalue weighted by Crippen LogP contribution is -2.14. The van der Waals surface area contributed by atoms with Crippen LogP contribution in [0, 0.1) is 0 Å². The topological polar surface area (TPSA) is 94.6 Å². The van der Waals surface area contributed by atoms with Crippen LogP contribution < -0.4 is 24.8 Å². The van der Waals surface area contributed by atoms with E-state index in [0.29, 0.717) is 29.6 Å². The van der Waals surface area contributed by atoms with Gasteiger partial charge < -0.3 is 24.8 Å². The molecule has 0 radical (unpaired) electrons. The molecule has 28 heavy (non-hydrogen) atoms. The molecule has 0 unspecified atom stereocenters. The van der Waals surface area contributed by atoms with Gasteiger partial charge in [0.1, 0.15) is 5.75 Å². The number of anilines is 3. The highest BCUT2D eigenvalue weighted by atomic mass is 16.7. The average Bonchev–Trinajstić information content (AvgIpc) is 3.18. The van der Waals surface area contributed by atoms with Gasteiger partial charge in [0.05, 0.1) is 12.3 Å². The third-order valence-electron chi connectivity index (χ3n) is 3.98. The van der Waals surface area contributed by atoms with E-state index in [1.54, 1.807) is 30.3 Å². The van der Waals surface area contributed by atoms with Gasteiger partial charge in [0, 0.05) is 11.8 Å². The van der Waals surface area contributed by atoms with Gasteiger partial charge in [-0.2, -0.15) is 0 Å². The van der Waals surface area contributed by atoms with E-state index >= 15 is 0 Å². The van der Waals surface area contributed by atoms with Gasteiger partial charge in [0.15, 0.2) is 23.0 Å². The Balaban J connectivity index is 1.43. The van der Waals surface area contributed by atoms with Crippen LogP contribution in [0.25, 0.3) is 0 Å². The largest absolute Gasteiger partial charge is 0.492 e. The van der Waals surface area contributed by atoms with Crippen LogP contribution >= 0.6 is 0 Å². The number of hydrogen-bond donors (Lipinski definition) is 2. The van der Waals surface area contributed by atoms with Crippen LogP contribution in [0.4, 0.5) is 17.2 Å². The van der Waals surface area contributed by atoms with E-state index in [-0.39, 0.29) is 18.4 Å². The van der Waals surface area contributed by atoms with Gasteiger partial charge in [0.25, 0.3) is 5.91 Å². The zero-order valence-electron chi connectivity index (χ0n) is 15.1. The number of hydrogen-bond acceptors (Lipinski definition) is 7. The molecule has 0 aliphatic carbocycles. The summed E-state index contributed by atoms with van der Waals surface area (Å²) in [5, 5.41) is 14.0. The molecule has 1 aliphatic heterocycles. The SMILES string of the molecule is CCOc1ccccc1Nc1ccc(C(=O)Nc2ccc3c(c2)OCO3)nn1. The molecule has 3 aromatic rings. The summed E-state index contributed by atoms with van der Waals surface area (Å²) in [6.07, 6.45) is 0. The van der Waals surface area contributed by atoms with E-state index < -0.39 is 0 Å². The standard InChI is InChI=1S/C20H18N4O4/c1-2-26-16-6-4-3-5-14(16)22-19-10-8-15(23-24-19)20(25)21-13-7-9-17-18(11-13)28-12-27-17/h3-11H,2,12H2,1H3,(H,21,25)(H,22,24). The Hall–Kier alpha value is -3.81. The van der Waals surface area contributed by atoms with Gasteiger partial charge in [-0.1, -0.05) is 12.1 Å². The lowest BCUT2D eigenvalue weighted by Gasteiger charge is -2.11. The number of rotatable bonds is 6. The van der Waals surface area contributed by atoms with E-state index in [1.807, 2.05) is 31.2 Å². The van der Waals surface area contributed by atoms with E-state index in [9.17, 15) is 4.79 Å². The minimum absolute atomic E-state index is 0.180. The van der Waals surface area contributed by atoms with Crippen LogP contribution in [0.5, 0.6) is 17.2 Å². The first-order valence-electron chi connectivity index (χ1n) is 8.76. The summed E-state index contributed by atoms with van der Waals surface area (Å²) in [7, 11) is 0. The first-order chi connectivity index (χ1) is 13.7. The fourth-order valence-electron chi connectivity index (χ4n) is 2.68. The van der Waals surface area contributed by atoms with Crippen molar-refractivity contribution in [2.24, 2.45) is 0 Å². The van der Waals surface area contributed by atoms with Crippen LogP contribution in [-0.2, 0) is 0 Å². The number of fused-ring (bicyclic) bond motifs is 1. The van der Waals surface area contributed by atoms with Crippen molar-refractivity contribution in [1.82, 2.24) is 10.2 Å². The molecule has 1 amide bonds. The number of carbonyl (C=O) groups excluding carboxylic acids is 1. The summed E-state index contributed by atoms with van der Waals surface area (Å²) in [4.78, 5) is 12.4. The summed E-state index contributed by atoms with van der Waals surface area (Å²) in [6, 6.07) is 16.0. The predicted octanol–water partition coefficient (Wildman–Crippen LogP) is 3.60. The fraction of sp³-hybridized carbons (Fsp3) is 0.150. The van der Waals surface area contributed by atoms with Crippen molar-refractivity contribution >= 4 is 23.1 Å². The Kier molecular flexibility index (Phi) is 4.92. The molecule has 2 heterocycles. The number of nitrogens with one attached hydrogen (secondary N) is 2. The van der Waals surface area contributed by atoms with Crippen molar-refractivity contribution in [1.29, 1.82) is 0 Å². The highest BCUT2D eigenvalue weighted by molar-refractivity contribution is 6.03. The van der Waals surface area contributed by atoms with Crippen LogP contribution in [0.3, 0.4) is 0 Å². The van der Waals surface area contributed by atoms with E-state index in [2.05, 4.69) is 20.8 Å². The molecule has 142 valence electrons. The maximum absolute atomic E-state index is 12.4. The van der Waals surface area contributed by atoms with Gasteiger partial charge in [-0.3, -0.25) is 4.79 Å². The van der Waals surface area contributed by atoms with E-state index in [4.69, 9.17) is 14.2 Å². The molecule has 1 aliphatic rings. The smallest absolute Gasteiger partial charge is 0.276 e. The second-order valence-corrected chi connectivity index (χ2v) is 5.88. The second-order valence-electron chi connectivity index (χ2n) is 5.88. The van der Waals surface area contributed by atoms with Gasteiger partial charge in [-0.25, -0.2) is 0 Å². The molecule has 0 bridgehead atoms. The summed E-state index contributed by atoms with van der Waals surface area (Å²) >= 11 is 0. The number of amides is 1. The van der Waals surface area contributed by atoms with Crippen molar-refractivity contribution in [2.75, 3.05) is 24.0 Å². The van der Waals surface area contributed by atoms with Crippen LogP contribution in [0.1, 0.15) is 17.4 Å². The number of carbonyl (C=O) groups is 1. The van der Waals surface area contributed by atoms with Crippen LogP contribution in [0.2, 0.25) is 0 Å². The Labute approximate surface area is 161 Å². The molecular weight excluding hydrogens is 360 g/mol. The minimum atomic E-state index is -0.368. The number of nitrogens with zero attached hydrogens (tertiary/aromatic N) is 2. The summed E-state index contributed by atoms with van der Waals surface area (Å²) < 4.78 is 16.1. The molecule has 0 saturated heterocycles. The van der Waals surface area contributed by atoms with E-state index in [1.165, 1.54) is 0 Å². The Bertz CT molecular complexity index is 992. The highest BCUT2D eigenvalue weighted by Gasteiger charge is 2.15. The zero-order chi connectivity index (χ0) is 19.3. The molecule has 2 N–H and O–H groups in total. The molecule has 0 atom stereocenters. The van der Waals surface area contributed by atoms with Crippen molar-refractivity contribution < 1.29 is 19.0 Å². The summed E-state index contributed by atoms with van der Waals surface area (Å²) in [5.74, 6) is 2.10. The van der Waals surface area contributed by atoms with Gasteiger partial charge in [-0.15, -0.1) is 10.2 Å². The highest BCUT2D eigenvalue weighted by Crippen LogP contribution is 2.34. The maximum atomic E-state index is 12.4. The fourth-order valence-corrected chi connectivity index (χ4v) is 2.68. The molecular formula is C20H18N4O4. The monoisotopic (exact) mass is 378 g/mol. The number of benzene rings is 2. The molecule has 0 fully saturated rings. The Morgan fingerprint density at radius 3 is 2.75 bits per heavy atom. The molecule has 8 heteroatoms. The minimum Gasteiger partial charge on any atom is -0.492 e. The third kappa shape index (κ3) is 3.80. The quantitative estimate of drug-likeness (QED) is 0.677. The van der Waals surface area contributed by atoms with Crippen molar-refractivity contribution in [3.63, 3.8) is 0 Å². The maximum Gasteiger partial charge on any atom is 0.276 e. The molecule has 8 nitrogen and oxygen atoms in total. The van der Waals surface area contributed by atoms with Gasteiger partial charge in [0.2, 0.25) is 6.79 Å². The van der Waals surface area contributed by atoms with E-state index in [0.717, 1.165) is 11.4 Å². The number of para-hydroxylation sites is 2. The molecule has 0 spiro atoms. The summed E-state index contributed by atoms with van der Waals surface area (Å²) in [6.45, 7) is 2.66. The second kappa shape index (κ2) is 7.83. The molecule has 0 saturated carbocycles. The first kappa shape index (κ1) is 17.6. The lowest BCUT2D eigenvalue weighted by atomic mass is 10.2. The first-order valence-corrected chi connectivity index (χ1v) is 8.76. The van der Waals surface area contributed by atoms with Gasteiger partial charge in [-0.05, 0) is 43.3 Å². The molecule has 2 aromatic carbocycles. The molecule has 4 rings (SSSR count). The predicted molar refractivity (Wildman–Crippen MR) is 103 cm³/mol. The Morgan fingerprint density at radius 1 is 1.07 bits per heavy atom. The zero-order valence-corrected chi connectivity index (χ0v) is 15.1. The van der Waals surface area contributed by atoms with Crippen LogP contribution in [-0.4, -0.2) is 29.5 Å². The average molecular weight is 378 g/mol. The third-order valence-corrected chi connectivity index (χ3v) is 3.98. The van der Waals surface area contributed by atoms with Crippen LogP contribution in [0.15, 0.2) is 54.6 Å². The Morgan fingerprint density at radius 2 is 1.93 bits per heavy atom. The van der Waals surface area contributed by atoms with Crippen molar-refractivity contribution in [3.8, 4) is 17.2 Å². The number of ether oxygens (including phenoxy) is 3. The lowest BCUT2D eigenvalue weighted by molar-refractivity contribution is 0.102. The molecule has 1 aromatic heterocycles. The normalized spacial score (nSPS) is 11.8. The number of aromatic nitrogens is 2. The van der Waals surface area contributed by atoms with Crippen molar-refractivity contribution in [3.05, 3.63) is 60.3 Å². The van der Waals surface area contributed by atoms with Gasteiger partial charge >= 0.3 is 0 Å². The summed E-state index contributed by atoms with van der Waals surface area (Å²) in [5.41, 5.74) is 1.56.